The van der Waals surface area contributed by atoms with Crippen LogP contribution in [0.2, 0.25) is 0 Å². The van der Waals surface area contributed by atoms with Gasteiger partial charge in [0.2, 0.25) is 10.0 Å². The lowest BCUT2D eigenvalue weighted by atomic mass is 10.3. The molecular formula is C8H18ClNO3S. The Bertz CT molecular complexity index is 231. The summed E-state index contributed by atoms with van der Waals surface area (Å²) in [6.45, 7) is 2.26. The molecule has 0 saturated heterocycles. The average Bonchev–Trinajstić information content (AvgIpc) is 2.03. The molecule has 0 radical (unpaired) electrons. The monoisotopic (exact) mass is 243 g/mol. The molecule has 0 aromatic heterocycles. The number of alkyl halides is 1. The summed E-state index contributed by atoms with van der Waals surface area (Å²) in [7, 11) is -1.61. The zero-order valence-electron chi connectivity index (χ0n) is 8.62. The van der Waals surface area contributed by atoms with Gasteiger partial charge in [-0.2, -0.15) is 0 Å². The second kappa shape index (κ2) is 7.45. The number of hydrogen-bond donors (Lipinski definition) is 1. The highest BCUT2D eigenvalue weighted by molar-refractivity contribution is 7.89. The molecule has 1 unspecified atom stereocenters. The highest BCUT2D eigenvalue weighted by atomic mass is 35.5. The number of methoxy groups -OCH3 is 1. The third-order valence-electron chi connectivity index (χ3n) is 1.68. The molecule has 0 aliphatic carbocycles. The van der Waals surface area contributed by atoms with Crippen LogP contribution in [0.4, 0.5) is 0 Å². The summed E-state index contributed by atoms with van der Waals surface area (Å²) in [4.78, 5) is 0. The fourth-order valence-corrected chi connectivity index (χ4v) is 2.66. The Labute approximate surface area is 91.0 Å². The molecule has 86 valence electrons. The molecule has 0 amide bonds. The van der Waals surface area contributed by atoms with Crippen molar-refractivity contribution in [3.63, 3.8) is 0 Å². The van der Waals surface area contributed by atoms with Crippen LogP contribution in [0.25, 0.3) is 0 Å². The third kappa shape index (κ3) is 7.55. The van der Waals surface area contributed by atoms with E-state index >= 15 is 0 Å². The molecule has 14 heavy (non-hydrogen) atoms. The van der Waals surface area contributed by atoms with E-state index in [1.54, 1.807) is 14.0 Å². The lowest BCUT2D eigenvalue weighted by molar-refractivity contribution is 0.199. The topological polar surface area (TPSA) is 55.4 Å². The summed E-state index contributed by atoms with van der Waals surface area (Å²) in [5.41, 5.74) is 0. The van der Waals surface area contributed by atoms with E-state index in [2.05, 4.69) is 4.72 Å². The molecule has 0 rings (SSSR count). The van der Waals surface area contributed by atoms with E-state index in [9.17, 15) is 8.42 Å². The first-order valence-electron chi connectivity index (χ1n) is 4.56. The second-order valence-electron chi connectivity index (χ2n) is 3.16. The van der Waals surface area contributed by atoms with Crippen LogP contribution < -0.4 is 4.72 Å². The molecule has 6 heteroatoms. The van der Waals surface area contributed by atoms with Crippen molar-refractivity contribution in [3.8, 4) is 0 Å². The van der Waals surface area contributed by atoms with Crippen molar-refractivity contribution in [1.29, 1.82) is 0 Å². The first kappa shape index (κ1) is 14.2. The summed E-state index contributed by atoms with van der Waals surface area (Å²) in [6, 6.07) is -0.0972. The van der Waals surface area contributed by atoms with E-state index in [1.165, 1.54) is 0 Å². The van der Waals surface area contributed by atoms with Gasteiger partial charge in [0.15, 0.2) is 0 Å². The van der Waals surface area contributed by atoms with Gasteiger partial charge in [0.05, 0.1) is 5.75 Å². The van der Waals surface area contributed by atoms with Crippen molar-refractivity contribution in [2.75, 3.05) is 25.3 Å². The van der Waals surface area contributed by atoms with Gasteiger partial charge in [-0.1, -0.05) is 0 Å². The molecule has 4 nitrogen and oxygen atoms in total. The summed E-state index contributed by atoms with van der Waals surface area (Å²) in [5, 5.41) is 0. The molecule has 0 fully saturated rings. The van der Waals surface area contributed by atoms with Gasteiger partial charge in [-0.3, -0.25) is 0 Å². The molecular weight excluding hydrogens is 226 g/mol. The van der Waals surface area contributed by atoms with Crippen molar-refractivity contribution in [1.82, 2.24) is 4.72 Å². The average molecular weight is 244 g/mol. The number of halogens is 1. The van der Waals surface area contributed by atoms with Crippen molar-refractivity contribution in [3.05, 3.63) is 0 Å². The molecule has 0 aliphatic heterocycles. The zero-order chi connectivity index (χ0) is 11.0. The van der Waals surface area contributed by atoms with Crippen LogP contribution in [0.5, 0.6) is 0 Å². The Morgan fingerprint density at radius 2 is 2.14 bits per heavy atom. The number of sulfonamides is 1. The molecule has 0 bridgehead atoms. The molecule has 0 aliphatic rings. The SMILES string of the molecule is COCCCS(=O)(=O)NC(C)CCCl. The maximum absolute atomic E-state index is 11.4. The second-order valence-corrected chi connectivity index (χ2v) is 5.41. The number of hydrogen-bond acceptors (Lipinski definition) is 3. The van der Waals surface area contributed by atoms with Gasteiger partial charge in [-0.15, -0.1) is 11.6 Å². The largest absolute Gasteiger partial charge is 0.385 e. The maximum atomic E-state index is 11.4. The predicted octanol–water partition coefficient (Wildman–Crippen LogP) is 0.960. The zero-order valence-corrected chi connectivity index (χ0v) is 10.2. The minimum atomic E-state index is -3.16. The first-order chi connectivity index (χ1) is 6.52. The summed E-state index contributed by atoms with van der Waals surface area (Å²) in [6.07, 6.45) is 1.16. The minimum absolute atomic E-state index is 0.0972. The molecule has 1 N–H and O–H groups in total. The van der Waals surface area contributed by atoms with Crippen molar-refractivity contribution >= 4 is 21.6 Å². The van der Waals surface area contributed by atoms with Gasteiger partial charge in [0.25, 0.3) is 0 Å². The van der Waals surface area contributed by atoms with E-state index in [-0.39, 0.29) is 11.8 Å². The van der Waals surface area contributed by atoms with Crippen LogP contribution >= 0.6 is 11.6 Å². The van der Waals surface area contributed by atoms with Gasteiger partial charge < -0.3 is 4.74 Å². The van der Waals surface area contributed by atoms with Crippen LogP contribution in [-0.4, -0.2) is 39.8 Å². The van der Waals surface area contributed by atoms with Gasteiger partial charge in [0.1, 0.15) is 0 Å². The fourth-order valence-electron chi connectivity index (χ4n) is 0.981. The van der Waals surface area contributed by atoms with Crippen LogP contribution in [0, 0.1) is 0 Å². The molecule has 0 heterocycles. The minimum Gasteiger partial charge on any atom is -0.385 e. The van der Waals surface area contributed by atoms with E-state index < -0.39 is 10.0 Å². The Morgan fingerprint density at radius 3 is 2.64 bits per heavy atom. The van der Waals surface area contributed by atoms with E-state index in [0.29, 0.717) is 25.3 Å². The van der Waals surface area contributed by atoms with Crippen LogP contribution in [0.1, 0.15) is 19.8 Å². The van der Waals surface area contributed by atoms with Crippen LogP contribution in [0.3, 0.4) is 0 Å². The van der Waals surface area contributed by atoms with E-state index in [1.807, 2.05) is 0 Å². The van der Waals surface area contributed by atoms with Gasteiger partial charge in [-0.25, -0.2) is 13.1 Å². The number of ether oxygens (including phenoxy) is 1. The van der Waals surface area contributed by atoms with Gasteiger partial charge in [-0.05, 0) is 19.8 Å². The maximum Gasteiger partial charge on any atom is 0.211 e. The summed E-state index contributed by atoms with van der Waals surface area (Å²) in [5.74, 6) is 0.565. The smallest absolute Gasteiger partial charge is 0.211 e. The highest BCUT2D eigenvalue weighted by Crippen LogP contribution is 1.98. The van der Waals surface area contributed by atoms with Gasteiger partial charge in [0, 0.05) is 25.6 Å². The summed E-state index contributed by atoms with van der Waals surface area (Å²) >= 11 is 5.50. The molecule has 0 aromatic rings. The van der Waals surface area contributed by atoms with E-state index in [4.69, 9.17) is 16.3 Å². The molecule has 0 aromatic carbocycles. The molecule has 0 spiro atoms. The van der Waals surface area contributed by atoms with Crippen LogP contribution in [-0.2, 0) is 14.8 Å². The van der Waals surface area contributed by atoms with E-state index in [0.717, 1.165) is 0 Å². The molecule has 0 saturated carbocycles. The number of rotatable bonds is 8. The normalized spacial score (nSPS) is 14.2. The fraction of sp³-hybridized carbons (Fsp3) is 1.00. The summed E-state index contributed by atoms with van der Waals surface area (Å²) < 4.78 is 30.1. The third-order valence-corrected chi connectivity index (χ3v) is 3.49. The number of nitrogens with one attached hydrogen (secondary N) is 1. The Hall–Kier alpha value is 0.160. The van der Waals surface area contributed by atoms with Crippen LogP contribution in [0.15, 0.2) is 0 Å². The predicted molar refractivity (Wildman–Crippen MR) is 58.2 cm³/mol. The van der Waals surface area contributed by atoms with Crippen molar-refractivity contribution in [2.45, 2.75) is 25.8 Å². The lowest BCUT2D eigenvalue weighted by Gasteiger charge is -2.12. The lowest BCUT2D eigenvalue weighted by Crippen LogP contribution is -2.34. The van der Waals surface area contributed by atoms with Crippen molar-refractivity contribution < 1.29 is 13.2 Å². The standard InChI is InChI=1S/C8H18ClNO3S/c1-8(4-5-9)10-14(11,12)7-3-6-13-2/h8,10H,3-7H2,1-2H3. The Balaban J connectivity index is 3.82. The van der Waals surface area contributed by atoms with Crippen molar-refractivity contribution in [2.24, 2.45) is 0 Å². The Morgan fingerprint density at radius 1 is 1.50 bits per heavy atom. The highest BCUT2D eigenvalue weighted by Gasteiger charge is 2.13. The Kier molecular flexibility index (Phi) is 7.54. The molecule has 1 atom stereocenters. The first-order valence-corrected chi connectivity index (χ1v) is 6.75. The quantitative estimate of drug-likeness (QED) is 0.510. The van der Waals surface area contributed by atoms with Gasteiger partial charge >= 0.3 is 0 Å².